The van der Waals surface area contributed by atoms with Crippen molar-refractivity contribution in [3.05, 3.63) is 363 Å². The van der Waals surface area contributed by atoms with Crippen LogP contribution in [-0.2, 0) is 0 Å². The van der Waals surface area contributed by atoms with E-state index in [4.69, 9.17) is 24.4 Å². The second-order valence-corrected chi connectivity index (χ2v) is 28.2. The van der Waals surface area contributed by atoms with E-state index in [0.29, 0.717) is 23.2 Å². The molecule has 23 aromatic rings. The van der Waals surface area contributed by atoms with Crippen LogP contribution in [0.15, 0.2) is 356 Å². The molecule has 16 aromatic carbocycles. The Morgan fingerprint density at radius 2 is 0.685 bits per heavy atom. The zero-order valence-corrected chi connectivity index (χ0v) is 59.4. The number of nitriles is 2. The number of hydrogen-bond acceptors (Lipinski definition) is 7. The van der Waals surface area contributed by atoms with Gasteiger partial charge in [0.05, 0.1) is 60.9 Å². The van der Waals surface area contributed by atoms with Crippen molar-refractivity contribution in [1.29, 1.82) is 10.5 Å². The largest absolute Gasteiger partial charge is 0.456 e. The summed E-state index contributed by atoms with van der Waals surface area (Å²) in [7, 11) is 0. The second kappa shape index (κ2) is 25.0. The van der Waals surface area contributed by atoms with Crippen LogP contribution in [0.5, 0.6) is 0 Å². The van der Waals surface area contributed by atoms with Gasteiger partial charge in [-0.15, -0.1) is 0 Å². The molecule has 0 spiro atoms. The quantitative estimate of drug-likeness (QED) is 0.148. The van der Waals surface area contributed by atoms with Gasteiger partial charge in [0.2, 0.25) is 5.95 Å². The number of hydrogen-bond donors (Lipinski definition) is 0. The van der Waals surface area contributed by atoms with Crippen molar-refractivity contribution in [3.8, 4) is 79.9 Å². The number of benzene rings is 16. The monoisotopic (exact) mass is 1410 g/mol. The molecule has 0 aliphatic carbocycles. The van der Waals surface area contributed by atoms with Crippen molar-refractivity contribution in [2.75, 3.05) is 0 Å². The maximum atomic E-state index is 10.0. The average Bonchev–Trinajstić information content (AvgIpc) is 1.63. The summed E-state index contributed by atoms with van der Waals surface area (Å²) in [6.45, 7) is 0. The maximum Gasteiger partial charge on any atom is 0.236 e. The molecule has 23 rings (SSSR count). The predicted octanol–water partition coefficient (Wildman–Crippen LogP) is 25.1. The van der Waals surface area contributed by atoms with Crippen molar-refractivity contribution >= 4 is 142 Å². The molecule has 0 radical (unpaired) electrons. The van der Waals surface area contributed by atoms with E-state index in [1.807, 2.05) is 66.7 Å². The molecule has 0 atom stereocenters. The predicted molar refractivity (Wildman–Crippen MR) is 452 cm³/mol. The minimum absolute atomic E-state index is 0.361. The summed E-state index contributed by atoms with van der Waals surface area (Å²) in [6, 6.07) is 128. The van der Waals surface area contributed by atoms with E-state index in [-0.39, 0.29) is 0 Å². The van der Waals surface area contributed by atoms with E-state index < -0.39 is 0 Å². The summed E-state index contributed by atoms with van der Waals surface area (Å²) in [5, 5.41) is 35.3. The highest BCUT2D eigenvalue weighted by Gasteiger charge is 2.24. The molecule has 0 saturated heterocycles. The maximum absolute atomic E-state index is 10.0. The van der Waals surface area contributed by atoms with Crippen LogP contribution in [0.3, 0.4) is 0 Å². The Morgan fingerprint density at radius 3 is 1.33 bits per heavy atom. The molecule has 0 N–H and O–H groups in total. The molecule has 0 aliphatic heterocycles. The van der Waals surface area contributed by atoms with Crippen LogP contribution in [0, 0.1) is 22.7 Å². The summed E-state index contributed by atoms with van der Waals surface area (Å²) in [6.07, 6.45) is 0. The molecule has 0 unspecified atom stereocenters. The van der Waals surface area contributed by atoms with E-state index in [9.17, 15) is 10.5 Å². The smallest absolute Gasteiger partial charge is 0.236 e. The Morgan fingerprint density at radius 1 is 0.243 bits per heavy atom. The van der Waals surface area contributed by atoms with Gasteiger partial charge in [-0.2, -0.15) is 10.5 Å². The minimum atomic E-state index is 0.361. The van der Waals surface area contributed by atoms with Gasteiger partial charge in [0, 0.05) is 87.0 Å². The topological polar surface area (TPSA) is 132 Å². The summed E-state index contributed by atoms with van der Waals surface area (Å²) in [5.41, 5.74) is 24.0. The SMILES string of the molecule is N#Cc1nc(-c2ccc(-n3c4ccccc4c4c(-c5ccc6c7ccccc7n(-c7ccccc7)c6c5)cccc43)c3ccccc23)nc2ccccc12.N#Cc1nc(-n2c3ccccc3c3cc(-c4ccc5c(c4)c4cc(-c6ccc7oc8ccccc8c7c6)ccc4n5-c4ccccc4)ccc32)nc2ccccc12. The van der Waals surface area contributed by atoms with Crippen molar-refractivity contribution in [3.63, 3.8) is 0 Å². The second-order valence-electron chi connectivity index (χ2n) is 28.2. The van der Waals surface area contributed by atoms with Crippen LogP contribution in [0.25, 0.3) is 210 Å². The van der Waals surface area contributed by atoms with Crippen molar-refractivity contribution in [1.82, 2.24) is 38.2 Å². The highest BCUT2D eigenvalue weighted by atomic mass is 16.3. The van der Waals surface area contributed by atoms with Crippen LogP contribution in [0.2, 0.25) is 0 Å². The molecule has 111 heavy (non-hydrogen) atoms. The van der Waals surface area contributed by atoms with Gasteiger partial charge < -0.3 is 18.1 Å². The first kappa shape index (κ1) is 62.8. The molecule has 11 nitrogen and oxygen atoms in total. The van der Waals surface area contributed by atoms with Crippen molar-refractivity contribution in [2.45, 2.75) is 0 Å². The van der Waals surface area contributed by atoms with Gasteiger partial charge >= 0.3 is 0 Å². The van der Waals surface area contributed by atoms with Crippen molar-refractivity contribution in [2.24, 2.45) is 0 Å². The lowest BCUT2D eigenvalue weighted by molar-refractivity contribution is 0.669. The zero-order chi connectivity index (χ0) is 73.4. The molecule has 514 valence electrons. The first-order valence-electron chi connectivity index (χ1n) is 37.0. The normalized spacial score (nSPS) is 11.8. The van der Waals surface area contributed by atoms with Gasteiger partial charge in [-0.25, -0.2) is 19.9 Å². The van der Waals surface area contributed by atoms with Gasteiger partial charge in [-0.05, 0) is 184 Å². The summed E-state index contributed by atoms with van der Waals surface area (Å²) in [4.78, 5) is 19.4. The Kier molecular flexibility index (Phi) is 14.2. The third kappa shape index (κ3) is 9.90. The minimum Gasteiger partial charge on any atom is -0.456 e. The zero-order valence-electron chi connectivity index (χ0n) is 59.4. The van der Waals surface area contributed by atoms with Crippen LogP contribution >= 0.6 is 0 Å². The lowest BCUT2D eigenvalue weighted by atomic mass is 9.98. The lowest BCUT2D eigenvalue weighted by Crippen LogP contribution is -2.03. The Labute approximate surface area is 634 Å². The Bertz CT molecular complexity index is 7940. The van der Waals surface area contributed by atoms with Gasteiger partial charge in [-0.1, -0.05) is 206 Å². The number of aromatic nitrogens is 8. The molecule has 0 fully saturated rings. The Hall–Kier alpha value is -15.6. The van der Waals surface area contributed by atoms with Gasteiger partial charge in [0.15, 0.2) is 17.2 Å². The van der Waals surface area contributed by atoms with E-state index >= 15 is 0 Å². The first-order valence-corrected chi connectivity index (χ1v) is 37.0. The van der Waals surface area contributed by atoms with Gasteiger partial charge in [0.25, 0.3) is 0 Å². The molecule has 7 heterocycles. The summed E-state index contributed by atoms with van der Waals surface area (Å²) >= 11 is 0. The average molecular weight is 1420 g/mol. The highest BCUT2D eigenvalue weighted by Crippen LogP contribution is 2.46. The third-order valence-electron chi connectivity index (χ3n) is 22.2. The number of para-hydroxylation sites is 8. The third-order valence-corrected chi connectivity index (χ3v) is 22.2. The van der Waals surface area contributed by atoms with E-state index in [0.717, 1.165) is 149 Å². The fourth-order valence-corrected chi connectivity index (χ4v) is 17.2. The number of nitrogens with zero attached hydrogens (tertiary/aromatic N) is 10. The number of rotatable bonds is 8. The standard InChI is InChI=1S/C51H29N5O.C49H29N5/c52-30-44-38-14-4-7-15-43(38)53-51(54-44)56-45-16-8-5-12-36(45)39-26-31(20-24-48(39)56)32-18-22-46-40(27-32)41-28-33(19-23-47(41)55(46)35-10-2-1-3-11-35)34-21-25-50-42(29-34)37-13-6-9-17-49(37)57-50;50-30-42-39-18-6-9-21-41(39)51-49(52-42)38-27-28-45(35-16-5-4-15-34(35)38)54-44-23-11-8-19-40(44)48-33(20-12-24-46(48)54)31-25-26-37-36-17-7-10-22-43(36)53(47(37)29-31)32-13-2-1-3-14-32/h1-29H;1-29H. The molecular weight excluding hydrogens is 1360 g/mol. The van der Waals surface area contributed by atoms with Crippen LogP contribution in [0.4, 0.5) is 0 Å². The molecule has 0 bridgehead atoms. The van der Waals surface area contributed by atoms with Crippen LogP contribution in [-0.4, -0.2) is 38.2 Å². The summed E-state index contributed by atoms with van der Waals surface area (Å²) < 4.78 is 15.4. The van der Waals surface area contributed by atoms with Crippen LogP contribution in [0.1, 0.15) is 11.4 Å². The molecule has 0 aliphatic rings. The molecular formula is C100H58N10O. The molecule has 0 saturated carbocycles. The number of furan rings is 1. The fourth-order valence-electron chi connectivity index (χ4n) is 17.2. The van der Waals surface area contributed by atoms with Crippen LogP contribution < -0.4 is 0 Å². The van der Waals surface area contributed by atoms with E-state index in [2.05, 4.69) is 316 Å². The van der Waals surface area contributed by atoms with Gasteiger partial charge in [0.1, 0.15) is 23.3 Å². The fraction of sp³-hybridized carbons (Fsp3) is 0. The molecule has 11 heteroatoms. The lowest BCUT2D eigenvalue weighted by Gasteiger charge is -2.15. The highest BCUT2D eigenvalue weighted by molar-refractivity contribution is 6.19. The van der Waals surface area contributed by atoms with E-state index in [1.165, 1.54) is 48.9 Å². The number of fused-ring (bicyclic) bond motifs is 18. The van der Waals surface area contributed by atoms with Gasteiger partial charge in [-0.3, -0.25) is 4.57 Å². The van der Waals surface area contributed by atoms with E-state index in [1.54, 1.807) is 0 Å². The molecule has 7 aromatic heterocycles. The Balaban J connectivity index is 0.000000137. The van der Waals surface area contributed by atoms with Crippen molar-refractivity contribution < 1.29 is 4.42 Å². The summed E-state index contributed by atoms with van der Waals surface area (Å²) in [5.74, 6) is 1.02. The first-order chi connectivity index (χ1) is 55.0. The molecule has 0 amide bonds.